The second-order valence-electron chi connectivity index (χ2n) is 6.74. The molecule has 0 aliphatic heterocycles. The Morgan fingerprint density at radius 2 is 2.05 bits per heavy atom. The van der Waals surface area contributed by atoms with Crippen molar-refractivity contribution in [1.29, 1.82) is 0 Å². The number of nitrogens with two attached hydrogens (primary N) is 1. The van der Waals surface area contributed by atoms with E-state index in [0.717, 1.165) is 6.54 Å². The number of anilines is 1. The van der Waals surface area contributed by atoms with Crippen molar-refractivity contribution in [3.05, 3.63) is 18.0 Å². The number of hydrogen-bond acceptors (Lipinski definition) is 3. The highest BCUT2D eigenvalue weighted by Crippen LogP contribution is 2.18. The summed E-state index contributed by atoms with van der Waals surface area (Å²) in [5, 5.41) is 3.01. The third-order valence-electron chi connectivity index (χ3n) is 3.13. The van der Waals surface area contributed by atoms with Crippen molar-refractivity contribution in [2.75, 3.05) is 32.9 Å². The van der Waals surface area contributed by atoms with Crippen molar-refractivity contribution in [2.24, 2.45) is 5.41 Å². The van der Waals surface area contributed by atoms with Gasteiger partial charge in [-0.3, -0.25) is 4.79 Å². The average molecular weight is 280 g/mol. The molecule has 0 radical (unpaired) electrons. The van der Waals surface area contributed by atoms with E-state index in [4.69, 9.17) is 5.73 Å². The standard InChI is InChI=1S/C15H28N4O/c1-11(2)19-8-12(16)7-13(19)14(20)17-9-15(3,4)10-18(5)6/h7-8,11H,9-10,16H2,1-6H3,(H,17,20). The van der Waals surface area contributed by atoms with Crippen LogP contribution in [0.25, 0.3) is 0 Å². The quantitative estimate of drug-likeness (QED) is 0.837. The molecule has 0 fully saturated rings. The van der Waals surface area contributed by atoms with Crippen molar-refractivity contribution in [3.63, 3.8) is 0 Å². The number of carbonyl (C=O) groups is 1. The molecular formula is C15H28N4O. The first-order valence-electron chi connectivity index (χ1n) is 7.02. The number of rotatable bonds is 6. The number of aromatic nitrogens is 1. The van der Waals surface area contributed by atoms with Gasteiger partial charge < -0.3 is 20.5 Å². The van der Waals surface area contributed by atoms with Crippen LogP contribution < -0.4 is 11.1 Å². The third-order valence-corrected chi connectivity index (χ3v) is 3.13. The summed E-state index contributed by atoms with van der Waals surface area (Å²) in [6, 6.07) is 1.94. The van der Waals surface area contributed by atoms with E-state index in [9.17, 15) is 4.79 Å². The maximum atomic E-state index is 12.3. The Morgan fingerprint density at radius 3 is 2.55 bits per heavy atom. The normalized spacial score (nSPS) is 12.2. The van der Waals surface area contributed by atoms with Crippen LogP contribution in [0.5, 0.6) is 0 Å². The van der Waals surface area contributed by atoms with Crippen LogP contribution in [0, 0.1) is 5.41 Å². The van der Waals surface area contributed by atoms with E-state index >= 15 is 0 Å². The van der Waals surface area contributed by atoms with Gasteiger partial charge in [0.05, 0.1) is 5.69 Å². The van der Waals surface area contributed by atoms with Gasteiger partial charge in [0.15, 0.2) is 0 Å². The van der Waals surface area contributed by atoms with Crippen LogP contribution in [-0.2, 0) is 0 Å². The Kier molecular flexibility index (Phi) is 5.22. The minimum Gasteiger partial charge on any atom is -0.397 e. The Bertz CT molecular complexity index is 460. The fourth-order valence-corrected chi connectivity index (χ4v) is 2.43. The predicted octanol–water partition coefficient (Wildman–Crippen LogP) is 1.97. The zero-order chi connectivity index (χ0) is 15.5. The van der Waals surface area contributed by atoms with Gasteiger partial charge >= 0.3 is 0 Å². The fraction of sp³-hybridized carbons (Fsp3) is 0.667. The molecule has 1 rings (SSSR count). The van der Waals surface area contributed by atoms with Crippen molar-refractivity contribution < 1.29 is 4.79 Å². The van der Waals surface area contributed by atoms with Gasteiger partial charge in [-0.1, -0.05) is 13.8 Å². The van der Waals surface area contributed by atoms with Gasteiger partial charge in [0.1, 0.15) is 5.69 Å². The highest BCUT2D eigenvalue weighted by Gasteiger charge is 2.21. The van der Waals surface area contributed by atoms with Crippen LogP contribution in [0.1, 0.15) is 44.2 Å². The van der Waals surface area contributed by atoms with Gasteiger partial charge in [-0.05, 0) is 39.4 Å². The molecular weight excluding hydrogens is 252 g/mol. The van der Waals surface area contributed by atoms with Crippen molar-refractivity contribution in [2.45, 2.75) is 33.7 Å². The summed E-state index contributed by atoms with van der Waals surface area (Å²) in [4.78, 5) is 14.4. The minimum atomic E-state index is -0.0674. The molecule has 0 saturated heterocycles. The van der Waals surface area contributed by atoms with Crippen molar-refractivity contribution in [3.8, 4) is 0 Å². The van der Waals surface area contributed by atoms with Crippen LogP contribution in [0.4, 0.5) is 5.69 Å². The first-order valence-corrected chi connectivity index (χ1v) is 7.02. The van der Waals surface area contributed by atoms with E-state index in [1.165, 1.54) is 0 Å². The van der Waals surface area contributed by atoms with E-state index in [-0.39, 0.29) is 17.4 Å². The summed E-state index contributed by atoms with van der Waals surface area (Å²) in [6.45, 7) is 9.90. The Hall–Kier alpha value is -1.49. The lowest BCUT2D eigenvalue weighted by molar-refractivity contribution is 0.0918. The smallest absolute Gasteiger partial charge is 0.268 e. The highest BCUT2D eigenvalue weighted by molar-refractivity contribution is 5.93. The molecule has 0 aliphatic carbocycles. The Labute approximate surface area is 122 Å². The topological polar surface area (TPSA) is 63.3 Å². The molecule has 0 spiro atoms. The van der Waals surface area contributed by atoms with Gasteiger partial charge in [0.25, 0.3) is 5.91 Å². The second-order valence-corrected chi connectivity index (χ2v) is 6.74. The number of carbonyl (C=O) groups excluding carboxylic acids is 1. The second kappa shape index (κ2) is 6.31. The molecule has 0 unspecified atom stereocenters. The summed E-state index contributed by atoms with van der Waals surface area (Å²) < 4.78 is 1.91. The van der Waals surface area contributed by atoms with E-state index in [2.05, 4.69) is 24.1 Å². The minimum absolute atomic E-state index is 0.0277. The summed E-state index contributed by atoms with van der Waals surface area (Å²) in [7, 11) is 4.07. The van der Waals surface area contributed by atoms with E-state index in [0.29, 0.717) is 17.9 Å². The predicted molar refractivity (Wildman–Crippen MR) is 83.9 cm³/mol. The van der Waals surface area contributed by atoms with Crippen LogP contribution in [0.15, 0.2) is 12.3 Å². The molecule has 20 heavy (non-hydrogen) atoms. The van der Waals surface area contributed by atoms with E-state index in [1.807, 2.05) is 38.7 Å². The number of nitrogen functional groups attached to an aromatic ring is 1. The average Bonchev–Trinajstić information content (AvgIpc) is 2.67. The van der Waals surface area contributed by atoms with Gasteiger partial charge in [-0.2, -0.15) is 0 Å². The van der Waals surface area contributed by atoms with Crippen LogP contribution in [-0.4, -0.2) is 42.6 Å². The summed E-state index contributed by atoms with van der Waals surface area (Å²) in [6.07, 6.45) is 1.81. The number of amides is 1. The van der Waals surface area contributed by atoms with E-state index < -0.39 is 0 Å². The molecule has 0 aliphatic rings. The molecule has 0 aromatic carbocycles. The molecule has 0 saturated carbocycles. The number of hydrogen-bond donors (Lipinski definition) is 2. The third kappa shape index (κ3) is 4.56. The SMILES string of the molecule is CC(C)n1cc(N)cc1C(=O)NCC(C)(C)CN(C)C. The van der Waals surface area contributed by atoms with Crippen LogP contribution in [0.2, 0.25) is 0 Å². The Morgan fingerprint density at radius 1 is 1.45 bits per heavy atom. The zero-order valence-corrected chi connectivity index (χ0v) is 13.5. The lowest BCUT2D eigenvalue weighted by atomic mass is 9.93. The molecule has 5 nitrogen and oxygen atoms in total. The monoisotopic (exact) mass is 280 g/mol. The molecule has 5 heteroatoms. The lowest BCUT2D eigenvalue weighted by Gasteiger charge is -2.28. The molecule has 1 heterocycles. The van der Waals surface area contributed by atoms with E-state index in [1.54, 1.807) is 6.07 Å². The highest BCUT2D eigenvalue weighted by atomic mass is 16.1. The molecule has 0 bridgehead atoms. The van der Waals surface area contributed by atoms with Crippen LogP contribution in [0.3, 0.4) is 0 Å². The largest absolute Gasteiger partial charge is 0.397 e. The molecule has 0 atom stereocenters. The zero-order valence-electron chi connectivity index (χ0n) is 13.5. The summed E-state index contributed by atoms with van der Waals surface area (Å²) >= 11 is 0. The maximum Gasteiger partial charge on any atom is 0.268 e. The maximum absolute atomic E-state index is 12.3. The fourth-order valence-electron chi connectivity index (χ4n) is 2.43. The van der Waals surface area contributed by atoms with Crippen LogP contribution >= 0.6 is 0 Å². The lowest BCUT2D eigenvalue weighted by Crippen LogP contribution is -2.40. The van der Waals surface area contributed by atoms with Gasteiger partial charge in [0.2, 0.25) is 0 Å². The molecule has 1 aromatic rings. The molecule has 1 amide bonds. The first-order chi connectivity index (χ1) is 9.12. The molecule has 1 aromatic heterocycles. The van der Waals surface area contributed by atoms with Crippen molar-refractivity contribution in [1.82, 2.24) is 14.8 Å². The first kappa shape index (κ1) is 16.6. The van der Waals surface area contributed by atoms with Gasteiger partial charge in [-0.25, -0.2) is 0 Å². The number of nitrogens with zero attached hydrogens (tertiary/aromatic N) is 2. The number of nitrogens with one attached hydrogen (secondary N) is 1. The van der Waals surface area contributed by atoms with Crippen molar-refractivity contribution >= 4 is 11.6 Å². The molecule has 3 N–H and O–H groups in total. The summed E-state index contributed by atoms with van der Waals surface area (Å²) in [5.74, 6) is -0.0674. The Balaban J connectivity index is 2.73. The molecule has 114 valence electrons. The summed E-state index contributed by atoms with van der Waals surface area (Å²) in [5.41, 5.74) is 7.07. The van der Waals surface area contributed by atoms with Gasteiger partial charge in [0, 0.05) is 25.3 Å². The van der Waals surface area contributed by atoms with Gasteiger partial charge in [-0.15, -0.1) is 0 Å².